The molecule has 118 valence electrons. The summed E-state index contributed by atoms with van der Waals surface area (Å²) in [5.74, 6) is 1.50. The third-order valence-corrected chi connectivity index (χ3v) is 3.91. The van der Waals surface area contributed by atoms with Crippen LogP contribution in [0.25, 0.3) is 0 Å². The number of hydrogen-bond acceptors (Lipinski definition) is 5. The van der Waals surface area contributed by atoms with Crippen LogP contribution in [0.4, 0.5) is 0 Å². The smallest absolute Gasteiger partial charge is 0.165 e. The minimum atomic E-state index is -0.155. The van der Waals surface area contributed by atoms with E-state index in [0.717, 1.165) is 36.8 Å². The van der Waals surface area contributed by atoms with E-state index in [2.05, 4.69) is 24.8 Å². The van der Waals surface area contributed by atoms with E-state index in [9.17, 15) is 0 Å². The van der Waals surface area contributed by atoms with Crippen molar-refractivity contribution >= 4 is 0 Å². The van der Waals surface area contributed by atoms with Crippen LogP contribution >= 0.6 is 0 Å². The molecule has 5 heteroatoms. The van der Waals surface area contributed by atoms with Gasteiger partial charge in [0.05, 0.1) is 32.5 Å². The zero-order chi connectivity index (χ0) is 15.5. The number of ether oxygens (including phenoxy) is 3. The Balaban J connectivity index is 2.33. The van der Waals surface area contributed by atoms with Crippen LogP contribution in [0.3, 0.4) is 0 Å². The lowest BCUT2D eigenvalue weighted by Crippen LogP contribution is -2.50. The lowest BCUT2D eigenvalue weighted by atomic mass is 9.99. The van der Waals surface area contributed by atoms with Crippen LogP contribution < -0.4 is 15.2 Å². The zero-order valence-electron chi connectivity index (χ0n) is 13.4. The Morgan fingerprint density at radius 2 is 2.10 bits per heavy atom. The molecule has 0 aliphatic carbocycles. The Labute approximate surface area is 127 Å². The summed E-state index contributed by atoms with van der Waals surface area (Å²) in [6.07, 6.45) is 0. The standard InChI is InChI=1S/C16H26N2O3/c1-16(2)11-18(8-9-21-16)13(10-17)12-6-5-7-14(19-3)15(12)20-4/h5-7,13H,8-11,17H2,1-4H3. The van der Waals surface area contributed by atoms with Crippen molar-refractivity contribution in [3.63, 3.8) is 0 Å². The number of morpholine rings is 1. The van der Waals surface area contributed by atoms with Gasteiger partial charge in [0.15, 0.2) is 11.5 Å². The second-order valence-electron chi connectivity index (χ2n) is 5.91. The average molecular weight is 294 g/mol. The molecule has 1 aliphatic heterocycles. The van der Waals surface area contributed by atoms with E-state index in [1.807, 2.05) is 12.1 Å². The van der Waals surface area contributed by atoms with Crippen LogP contribution in [-0.4, -0.2) is 51.0 Å². The molecule has 1 heterocycles. The van der Waals surface area contributed by atoms with Crippen molar-refractivity contribution in [3.8, 4) is 11.5 Å². The summed E-state index contributed by atoms with van der Waals surface area (Å²) in [6.45, 7) is 7.17. The van der Waals surface area contributed by atoms with E-state index >= 15 is 0 Å². The Kier molecular flexibility index (Phi) is 5.08. The largest absolute Gasteiger partial charge is 0.493 e. The van der Waals surface area contributed by atoms with Crippen LogP contribution in [0, 0.1) is 0 Å². The summed E-state index contributed by atoms with van der Waals surface area (Å²) in [6, 6.07) is 6.03. The highest BCUT2D eigenvalue weighted by atomic mass is 16.5. The highest BCUT2D eigenvalue weighted by Gasteiger charge is 2.33. The fourth-order valence-corrected chi connectivity index (χ4v) is 2.97. The number of benzene rings is 1. The first-order chi connectivity index (χ1) is 10.0. The molecule has 5 nitrogen and oxygen atoms in total. The summed E-state index contributed by atoms with van der Waals surface area (Å²) in [7, 11) is 3.31. The number of para-hydroxylation sites is 1. The number of nitrogens with zero attached hydrogens (tertiary/aromatic N) is 1. The Hall–Kier alpha value is -1.30. The molecule has 2 rings (SSSR count). The normalized spacial score (nSPS) is 20.0. The maximum Gasteiger partial charge on any atom is 0.165 e. The summed E-state index contributed by atoms with van der Waals surface area (Å²) in [5, 5.41) is 0. The van der Waals surface area contributed by atoms with Gasteiger partial charge in [0.2, 0.25) is 0 Å². The van der Waals surface area contributed by atoms with Gasteiger partial charge in [-0.2, -0.15) is 0 Å². The van der Waals surface area contributed by atoms with Gasteiger partial charge in [0.1, 0.15) is 0 Å². The van der Waals surface area contributed by atoms with Gasteiger partial charge in [-0.15, -0.1) is 0 Å². The molecular formula is C16H26N2O3. The maximum absolute atomic E-state index is 6.06. The summed E-state index contributed by atoms with van der Waals surface area (Å²) >= 11 is 0. The van der Waals surface area contributed by atoms with E-state index in [0.29, 0.717) is 6.54 Å². The van der Waals surface area contributed by atoms with Gasteiger partial charge in [-0.3, -0.25) is 4.90 Å². The molecule has 1 aliphatic rings. The van der Waals surface area contributed by atoms with Crippen LogP contribution in [0.1, 0.15) is 25.5 Å². The van der Waals surface area contributed by atoms with E-state index in [1.54, 1.807) is 14.2 Å². The van der Waals surface area contributed by atoms with Crippen molar-refractivity contribution in [1.29, 1.82) is 0 Å². The molecule has 21 heavy (non-hydrogen) atoms. The van der Waals surface area contributed by atoms with Gasteiger partial charge in [-0.25, -0.2) is 0 Å². The third-order valence-electron chi connectivity index (χ3n) is 3.91. The van der Waals surface area contributed by atoms with Gasteiger partial charge >= 0.3 is 0 Å². The van der Waals surface area contributed by atoms with Crippen LogP contribution in [0.15, 0.2) is 18.2 Å². The predicted molar refractivity (Wildman–Crippen MR) is 82.9 cm³/mol. The van der Waals surface area contributed by atoms with E-state index in [1.165, 1.54) is 0 Å². The maximum atomic E-state index is 6.06. The Morgan fingerprint density at radius 1 is 1.33 bits per heavy atom. The van der Waals surface area contributed by atoms with Crippen molar-refractivity contribution in [1.82, 2.24) is 4.90 Å². The van der Waals surface area contributed by atoms with Crippen molar-refractivity contribution in [2.24, 2.45) is 5.73 Å². The molecule has 0 amide bonds. The molecule has 0 saturated carbocycles. The molecular weight excluding hydrogens is 268 g/mol. The van der Waals surface area contributed by atoms with Crippen molar-refractivity contribution < 1.29 is 14.2 Å². The molecule has 0 aromatic heterocycles. The molecule has 0 spiro atoms. The molecule has 2 N–H and O–H groups in total. The molecule has 1 saturated heterocycles. The topological polar surface area (TPSA) is 57.0 Å². The Bertz CT molecular complexity index is 477. The van der Waals surface area contributed by atoms with Gasteiger partial charge in [0.25, 0.3) is 0 Å². The average Bonchev–Trinajstić information content (AvgIpc) is 2.46. The molecule has 0 bridgehead atoms. The number of nitrogens with two attached hydrogens (primary N) is 1. The highest BCUT2D eigenvalue weighted by Crippen LogP contribution is 2.37. The number of hydrogen-bond donors (Lipinski definition) is 1. The fourth-order valence-electron chi connectivity index (χ4n) is 2.97. The molecule has 0 radical (unpaired) electrons. The summed E-state index contributed by atoms with van der Waals surface area (Å²) in [4.78, 5) is 2.36. The van der Waals surface area contributed by atoms with Gasteiger partial charge in [-0.05, 0) is 19.9 Å². The first-order valence-corrected chi connectivity index (χ1v) is 7.31. The predicted octanol–water partition coefficient (Wildman–Crippen LogP) is 1.81. The molecule has 1 unspecified atom stereocenters. The van der Waals surface area contributed by atoms with Crippen molar-refractivity contribution in [2.75, 3.05) is 40.5 Å². The summed E-state index contributed by atoms with van der Waals surface area (Å²) < 4.78 is 16.7. The fraction of sp³-hybridized carbons (Fsp3) is 0.625. The monoisotopic (exact) mass is 294 g/mol. The molecule has 1 fully saturated rings. The quantitative estimate of drug-likeness (QED) is 0.897. The van der Waals surface area contributed by atoms with Gasteiger partial charge in [0, 0.05) is 25.2 Å². The molecule has 1 aromatic rings. The molecule has 1 atom stereocenters. The number of rotatable bonds is 5. The minimum absolute atomic E-state index is 0.0956. The van der Waals surface area contributed by atoms with Crippen LogP contribution in [0.2, 0.25) is 0 Å². The van der Waals surface area contributed by atoms with Crippen molar-refractivity contribution in [3.05, 3.63) is 23.8 Å². The zero-order valence-corrected chi connectivity index (χ0v) is 13.4. The second kappa shape index (κ2) is 6.64. The van der Waals surface area contributed by atoms with Gasteiger partial charge < -0.3 is 19.9 Å². The lowest BCUT2D eigenvalue weighted by Gasteiger charge is -2.42. The summed E-state index contributed by atoms with van der Waals surface area (Å²) in [5.41, 5.74) is 6.97. The SMILES string of the molecule is COc1cccc(C(CN)N2CCOC(C)(C)C2)c1OC. The van der Waals surface area contributed by atoms with Gasteiger partial charge in [-0.1, -0.05) is 12.1 Å². The van der Waals surface area contributed by atoms with E-state index in [-0.39, 0.29) is 11.6 Å². The number of methoxy groups -OCH3 is 2. The first-order valence-electron chi connectivity index (χ1n) is 7.31. The highest BCUT2D eigenvalue weighted by molar-refractivity contribution is 5.48. The minimum Gasteiger partial charge on any atom is -0.493 e. The van der Waals surface area contributed by atoms with Crippen LogP contribution in [-0.2, 0) is 4.74 Å². The Morgan fingerprint density at radius 3 is 2.67 bits per heavy atom. The van der Waals surface area contributed by atoms with E-state index < -0.39 is 0 Å². The molecule has 1 aromatic carbocycles. The third kappa shape index (κ3) is 3.48. The second-order valence-corrected chi connectivity index (χ2v) is 5.91. The van der Waals surface area contributed by atoms with E-state index in [4.69, 9.17) is 19.9 Å². The lowest BCUT2D eigenvalue weighted by molar-refractivity contribution is -0.0969. The first kappa shape index (κ1) is 16.1. The van der Waals surface area contributed by atoms with Crippen LogP contribution in [0.5, 0.6) is 11.5 Å². The van der Waals surface area contributed by atoms with Crippen molar-refractivity contribution in [2.45, 2.75) is 25.5 Å².